The maximum absolute atomic E-state index is 12.4. The van der Waals surface area contributed by atoms with Gasteiger partial charge in [-0.15, -0.1) is 0 Å². The van der Waals surface area contributed by atoms with Crippen LogP contribution in [-0.4, -0.2) is 32.2 Å². The molecule has 0 aromatic heterocycles. The Morgan fingerprint density at radius 2 is 1.64 bits per heavy atom. The van der Waals surface area contributed by atoms with Crippen molar-refractivity contribution in [3.05, 3.63) is 59.7 Å². The molecule has 1 N–H and O–H groups in total. The molecule has 0 saturated heterocycles. The Morgan fingerprint density at radius 1 is 1.04 bits per heavy atom. The highest BCUT2D eigenvalue weighted by Gasteiger charge is 2.20. The van der Waals surface area contributed by atoms with Crippen molar-refractivity contribution >= 4 is 21.6 Å². The van der Waals surface area contributed by atoms with Crippen LogP contribution in [-0.2, 0) is 14.8 Å². The number of benzene rings is 2. The number of rotatable bonds is 7. The van der Waals surface area contributed by atoms with Gasteiger partial charge in [0.25, 0.3) is 0 Å². The first-order chi connectivity index (χ1) is 11.8. The average Bonchev–Trinajstić information content (AvgIpc) is 2.54. The fourth-order valence-electron chi connectivity index (χ4n) is 2.63. The van der Waals surface area contributed by atoms with E-state index in [4.69, 9.17) is 0 Å². The summed E-state index contributed by atoms with van der Waals surface area (Å²) in [5.41, 5.74) is 2.95. The van der Waals surface area contributed by atoms with E-state index in [0.29, 0.717) is 6.42 Å². The number of carbonyl (C=O) groups excluding carboxylic acids is 1. The molecule has 6 heteroatoms. The van der Waals surface area contributed by atoms with Gasteiger partial charge in [0.05, 0.1) is 4.90 Å². The van der Waals surface area contributed by atoms with Crippen LogP contribution in [0.5, 0.6) is 0 Å². The summed E-state index contributed by atoms with van der Waals surface area (Å²) in [6.45, 7) is 4.25. The van der Waals surface area contributed by atoms with Crippen molar-refractivity contribution in [2.24, 2.45) is 0 Å². The molecule has 5 nitrogen and oxygen atoms in total. The number of nitrogens with zero attached hydrogens (tertiary/aromatic N) is 1. The van der Waals surface area contributed by atoms with Crippen LogP contribution in [0.3, 0.4) is 0 Å². The normalized spacial score (nSPS) is 11.5. The summed E-state index contributed by atoms with van der Waals surface area (Å²) in [6.07, 6.45) is 0.723. The number of amides is 1. The predicted molar refractivity (Wildman–Crippen MR) is 100 cm³/mol. The summed E-state index contributed by atoms with van der Waals surface area (Å²) in [7, 11) is -1.97. The van der Waals surface area contributed by atoms with Crippen LogP contribution < -0.4 is 5.32 Å². The standard InChI is InChI=1S/C19H24N2O3S/c1-15-12-16(2)14-17(13-15)20-19(22)10-7-11-21(3)25(23,24)18-8-5-4-6-9-18/h4-6,8-9,12-14H,7,10-11H2,1-3H3,(H,20,22). The molecule has 0 aliphatic carbocycles. The maximum atomic E-state index is 12.4. The van der Waals surface area contributed by atoms with Gasteiger partial charge in [-0.2, -0.15) is 0 Å². The molecule has 134 valence electrons. The van der Waals surface area contributed by atoms with E-state index in [2.05, 4.69) is 5.32 Å². The topological polar surface area (TPSA) is 66.5 Å². The van der Waals surface area contributed by atoms with Gasteiger partial charge in [-0.05, 0) is 55.7 Å². The maximum Gasteiger partial charge on any atom is 0.242 e. The molecule has 0 aliphatic heterocycles. The molecule has 0 unspecified atom stereocenters. The first kappa shape index (κ1) is 19.1. The van der Waals surface area contributed by atoms with E-state index >= 15 is 0 Å². The molecule has 2 aromatic carbocycles. The van der Waals surface area contributed by atoms with Crippen LogP contribution >= 0.6 is 0 Å². The minimum atomic E-state index is -3.51. The molecular weight excluding hydrogens is 336 g/mol. The van der Waals surface area contributed by atoms with E-state index in [9.17, 15) is 13.2 Å². The van der Waals surface area contributed by atoms with E-state index in [-0.39, 0.29) is 23.8 Å². The lowest BCUT2D eigenvalue weighted by Gasteiger charge is -2.17. The van der Waals surface area contributed by atoms with Crippen molar-refractivity contribution in [2.75, 3.05) is 18.9 Å². The zero-order chi connectivity index (χ0) is 18.4. The molecule has 1 amide bonds. The van der Waals surface area contributed by atoms with Gasteiger partial charge in [0.1, 0.15) is 0 Å². The van der Waals surface area contributed by atoms with E-state index in [0.717, 1.165) is 16.8 Å². The molecule has 0 spiro atoms. The molecule has 0 atom stereocenters. The van der Waals surface area contributed by atoms with Gasteiger partial charge >= 0.3 is 0 Å². The number of sulfonamides is 1. The van der Waals surface area contributed by atoms with Crippen LogP contribution in [0.15, 0.2) is 53.4 Å². The third-order valence-electron chi connectivity index (χ3n) is 3.83. The number of anilines is 1. The first-order valence-corrected chi connectivity index (χ1v) is 9.62. The summed E-state index contributed by atoms with van der Waals surface area (Å²) < 4.78 is 26.1. The Kier molecular flexibility index (Phi) is 6.33. The van der Waals surface area contributed by atoms with Gasteiger partial charge in [-0.3, -0.25) is 4.79 Å². The predicted octanol–water partition coefficient (Wildman–Crippen LogP) is 3.34. The van der Waals surface area contributed by atoms with Crippen LogP contribution in [0.1, 0.15) is 24.0 Å². The number of hydrogen-bond donors (Lipinski definition) is 1. The van der Waals surface area contributed by atoms with Crippen molar-refractivity contribution in [1.29, 1.82) is 0 Å². The minimum Gasteiger partial charge on any atom is -0.326 e. The van der Waals surface area contributed by atoms with E-state index in [1.807, 2.05) is 32.0 Å². The fourth-order valence-corrected chi connectivity index (χ4v) is 3.86. The van der Waals surface area contributed by atoms with Gasteiger partial charge in [0, 0.05) is 25.7 Å². The fraction of sp³-hybridized carbons (Fsp3) is 0.316. The lowest BCUT2D eigenvalue weighted by atomic mass is 10.1. The molecule has 2 aromatic rings. The van der Waals surface area contributed by atoms with E-state index in [1.54, 1.807) is 30.3 Å². The van der Waals surface area contributed by atoms with E-state index < -0.39 is 10.0 Å². The third kappa shape index (κ3) is 5.41. The number of nitrogens with one attached hydrogen (secondary N) is 1. The smallest absolute Gasteiger partial charge is 0.242 e. The summed E-state index contributed by atoms with van der Waals surface area (Å²) in [6, 6.07) is 14.2. The molecule has 0 heterocycles. The zero-order valence-electron chi connectivity index (χ0n) is 14.8. The zero-order valence-corrected chi connectivity index (χ0v) is 15.6. The SMILES string of the molecule is Cc1cc(C)cc(NC(=O)CCCN(C)S(=O)(=O)c2ccccc2)c1. The van der Waals surface area contributed by atoms with Gasteiger partial charge in [-0.25, -0.2) is 12.7 Å². The highest BCUT2D eigenvalue weighted by molar-refractivity contribution is 7.89. The van der Waals surface area contributed by atoms with Crippen LogP contribution in [0.25, 0.3) is 0 Å². The van der Waals surface area contributed by atoms with Gasteiger partial charge in [0.15, 0.2) is 0 Å². The lowest BCUT2D eigenvalue weighted by molar-refractivity contribution is -0.116. The molecule has 0 fully saturated rings. The Morgan fingerprint density at radius 3 is 2.24 bits per heavy atom. The largest absolute Gasteiger partial charge is 0.326 e. The summed E-state index contributed by atoms with van der Waals surface area (Å²) >= 11 is 0. The molecule has 0 saturated carbocycles. The molecule has 0 bridgehead atoms. The van der Waals surface area contributed by atoms with Gasteiger partial charge in [-0.1, -0.05) is 24.3 Å². The van der Waals surface area contributed by atoms with Crippen LogP contribution in [0.4, 0.5) is 5.69 Å². The highest BCUT2D eigenvalue weighted by Crippen LogP contribution is 2.16. The Bertz CT molecular complexity index is 813. The number of aryl methyl sites for hydroxylation is 2. The Balaban J connectivity index is 1.86. The molecule has 2 rings (SSSR count). The summed E-state index contributed by atoms with van der Waals surface area (Å²) in [4.78, 5) is 12.3. The second-order valence-electron chi connectivity index (χ2n) is 6.17. The molecule has 0 aliphatic rings. The summed E-state index contributed by atoms with van der Waals surface area (Å²) in [5.74, 6) is -0.115. The monoisotopic (exact) mass is 360 g/mol. The Hall–Kier alpha value is -2.18. The van der Waals surface area contributed by atoms with Crippen molar-refractivity contribution in [1.82, 2.24) is 4.31 Å². The van der Waals surface area contributed by atoms with Crippen molar-refractivity contribution < 1.29 is 13.2 Å². The average molecular weight is 360 g/mol. The van der Waals surface area contributed by atoms with Crippen LogP contribution in [0.2, 0.25) is 0 Å². The number of hydrogen-bond acceptors (Lipinski definition) is 3. The molecule has 25 heavy (non-hydrogen) atoms. The minimum absolute atomic E-state index is 0.115. The summed E-state index contributed by atoms with van der Waals surface area (Å²) in [5, 5.41) is 2.86. The second-order valence-corrected chi connectivity index (χ2v) is 8.21. The van der Waals surface area contributed by atoms with Crippen LogP contribution in [0, 0.1) is 13.8 Å². The Labute approximate surface area is 149 Å². The third-order valence-corrected chi connectivity index (χ3v) is 5.70. The lowest BCUT2D eigenvalue weighted by Crippen LogP contribution is -2.28. The van der Waals surface area contributed by atoms with Gasteiger partial charge < -0.3 is 5.32 Å². The van der Waals surface area contributed by atoms with Crippen molar-refractivity contribution in [3.63, 3.8) is 0 Å². The highest BCUT2D eigenvalue weighted by atomic mass is 32.2. The van der Waals surface area contributed by atoms with E-state index in [1.165, 1.54) is 11.4 Å². The number of carbonyl (C=O) groups is 1. The van der Waals surface area contributed by atoms with Crippen molar-refractivity contribution in [2.45, 2.75) is 31.6 Å². The quantitative estimate of drug-likeness (QED) is 0.823. The second kappa shape index (κ2) is 8.27. The first-order valence-electron chi connectivity index (χ1n) is 8.18. The molecule has 0 radical (unpaired) electrons. The molecular formula is C19H24N2O3S. The van der Waals surface area contributed by atoms with Crippen molar-refractivity contribution in [3.8, 4) is 0 Å². The van der Waals surface area contributed by atoms with Gasteiger partial charge in [0.2, 0.25) is 15.9 Å².